The van der Waals surface area contributed by atoms with Gasteiger partial charge in [-0.05, 0) is 42.0 Å². The number of anilines is 2. The smallest absolute Gasteiger partial charge is 0.314 e. The first kappa shape index (κ1) is 25.0. The molecule has 10 nitrogen and oxygen atoms in total. The van der Waals surface area contributed by atoms with Crippen LogP contribution in [0.4, 0.5) is 11.4 Å². The van der Waals surface area contributed by atoms with Crippen molar-refractivity contribution in [2.75, 3.05) is 24.9 Å². The maximum absolute atomic E-state index is 12.5. The molecular formula is C27H24N4O6. The van der Waals surface area contributed by atoms with Gasteiger partial charge in [-0.3, -0.25) is 14.4 Å². The molecule has 1 aromatic heterocycles. The van der Waals surface area contributed by atoms with Crippen LogP contribution in [0.15, 0.2) is 83.7 Å². The van der Waals surface area contributed by atoms with Crippen molar-refractivity contribution in [3.05, 3.63) is 90.4 Å². The van der Waals surface area contributed by atoms with Gasteiger partial charge in [0.2, 0.25) is 0 Å². The van der Waals surface area contributed by atoms with Crippen LogP contribution in [-0.2, 0) is 16.1 Å². The number of carbonyl (C=O) groups is 3. The van der Waals surface area contributed by atoms with Crippen LogP contribution in [0.1, 0.15) is 15.9 Å². The average molecular weight is 501 g/mol. The Hall–Kier alpha value is -5.12. The molecule has 0 unspecified atom stereocenters. The first-order valence-corrected chi connectivity index (χ1v) is 11.2. The number of aromatic nitrogens is 1. The summed E-state index contributed by atoms with van der Waals surface area (Å²) in [5.74, 6) is -0.588. The Morgan fingerprint density at radius 1 is 0.838 bits per heavy atom. The van der Waals surface area contributed by atoms with Gasteiger partial charge in [0, 0.05) is 24.0 Å². The fraction of sp³-hybridized carbons (Fsp3) is 0.111. The third kappa shape index (κ3) is 6.12. The minimum atomic E-state index is -0.857. The van der Waals surface area contributed by atoms with Gasteiger partial charge < -0.3 is 29.8 Å². The Bertz CT molecular complexity index is 1420. The number of amides is 3. The zero-order chi connectivity index (χ0) is 26.2. The fourth-order valence-corrected chi connectivity index (χ4v) is 3.57. The van der Waals surface area contributed by atoms with E-state index in [-0.39, 0.29) is 12.5 Å². The van der Waals surface area contributed by atoms with Gasteiger partial charge in [-0.1, -0.05) is 24.3 Å². The van der Waals surface area contributed by atoms with Crippen LogP contribution in [0.2, 0.25) is 0 Å². The molecule has 10 heteroatoms. The topological polar surface area (TPSA) is 132 Å². The first-order chi connectivity index (χ1) is 18.0. The third-order valence-corrected chi connectivity index (χ3v) is 5.35. The van der Waals surface area contributed by atoms with Crippen LogP contribution in [0.5, 0.6) is 11.5 Å². The molecule has 0 saturated carbocycles. The predicted molar refractivity (Wildman–Crippen MR) is 136 cm³/mol. The summed E-state index contributed by atoms with van der Waals surface area (Å²) in [6, 6.07) is 18.6. The van der Waals surface area contributed by atoms with Gasteiger partial charge in [0.1, 0.15) is 11.5 Å². The Labute approximate surface area is 212 Å². The predicted octanol–water partition coefficient (Wildman–Crippen LogP) is 3.87. The standard InChI is InChI=1S/C27H24N4O6/c1-35-22-9-4-3-8-21(22)25(32)29-14-17-6-5-7-18(12-17)30-26(33)27(34)31-19-10-11-20(23(13-19)36-2)24-15-28-16-37-24/h3-13,15-16H,14H2,1-2H3,(H,29,32)(H,30,33)(H,31,34). The number of carbonyl (C=O) groups excluding carboxylic acids is 3. The van der Waals surface area contributed by atoms with Crippen molar-refractivity contribution in [3.63, 3.8) is 0 Å². The van der Waals surface area contributed by atoms with Gasteiger partial charge in [-0.15, -0.1) is 0 Å². The number of hydrogen-bond donors (Lipinski definition) is 3. The van der Waals surface area contributed by atoms with Gasteiger partial charge in [0.15, 0.2) is 12.2 Å². The Morgan fingerprint density at radius 2 is 1.57 bits per heavy atom. The van der Waals surface area contributed by atoms with E-state index in [0.29, 0.717) is 39.8 Å². The summed E-state index contributed by atoms with van der Waals surface area (Å²) in [6.45, 7) is 0.212. The summed E-state index contributed by atoms with van der Waals surface area (Å²) in [4.78, 5) is 41.4. The van der Waals surface area contributed by atoms with E-state index in [1.54, 1.807) is 72.9 Å². The summed E-state index contributed by atoms with van der Waals surface area (Å²) < 4.78 is 15.9. The van der Waals surface area contributed by atoms with Crippen molar-refractivity contribution >= 4 is 29.1 Å². The molecule has 0 radical (unpaired) electrons. The molecule has 3 N–H and O–H groups in total. The molecule has 0 fully saturated rings. The lowest BCUT2D eigenvalue weighted by atomic mass is 10.1. The molecule has 188 valence electrons. The molecule has 0 saturated heterocycles. The molecule has 4 aromatic rings. The maximum atomic E-state index is 12.5. The quantitative estimate of drug-likeness (QED) is 0.313. The molecule has 0 aliphatic carbocycles. The van der Waals surface area contributed by atoms with Crippen LogP contribution in [0.25, 0.3) is 11.3 Å². The van der Waals surface area contributed by atoms with E-state index >= 15 is 0 Å². The van der Waals surface area contributed by atoms with Gasteiger partial charge in [-0.2, -0.15) is 0 Å². The van der Waals surface area contributed by atoms with E-state index in [0.717, 1.165) is 5.56 Å². The summed E-state index contributed by atoms with van der Waals surface area (Å²) >= 11 is 0. The number of rotatable bonds is 8. The van der Waals surface area contributed by atoms with Gasteiger partial charge in [-0.25, -0.2) is 4.98 Å². The summed E-state index contributed by atoms with van der Waals surface area (Å²) in [5.41, 5.74) is 2.57. The molecule has 3 aromatic carbocycles. The van der Waals surface area contributed by atoms with E-state index in [1.165, 1.54) is 20.6 Å². The van der Waals surface area contributed by atoms with Crippen LogP contribution in [-0.4, -0.2) is 36.9 Å². The number of methoxy groups -OCH3 is 2. The van der Waals surface area contributed by atoms with Crippen molar-refractivity contribution in [2.45, 2.75) is 6.54 Å². The highest BCUT2D eigenvalue weighted by atomic mass is 16.5. The first-order valence-electron chi connectivity index (χ1n) is 11.2. The molecule has 37 heavy (non-hydrogen) atoms. The Morgan fingerprint density at radius 3 is 2.27 bits per heavy atom. The molecule has 0 aliphatic heterocycles. The number of nitrogens with one attached hydrogen (secondary N) is 3. The highest BCUT2D eigenvalue weighted by Crippen LogP contribution is 2.32. The molecule has 4 rings (SSSR count). The second kappa shape index (κ2) is 11.5. The second-order valence-corrected chi connectivity index (χ2v) is 7.77. The van der Waals surface area contributed by atoms with E-state index in [9.17, 15) is 14.4 Å². The average Bonchev–Trinajstić information content (AvgIpc) is 3.46. The highest BCUT2D eigenvalue weighted by Gasteiger charge is 2.17. The molecular weight excluding hydrogens is 476 g/mol. The number of benzene rings is 3. The normalized spacial score (nSPS) is 10.3. The van der Waals surface area contributed by atoms with E-state index < -0.39 is 11.8 Å². The van der Waals surface area contributed by atoms with Crippen LogP contribution < -0.4 is 25.4 Å². The Kier molecular flexibility index (Phi) is 7.79. The summed E-state index contributed by atoms with van der Waals surface area (Å²) in [7, 11) is 2.98. The molecule has 0 atom stereocenters. The molecule has 0 aliphatic rings. The van der Waals surface area contributed by atoms with Crippen molar-refractivity contribution in [2.24, 2.45) is 0 Å². The van der Waals surface area contributed by atoms with Crippen LogP contribution >= 0.6 is 0 Å². The summed E-state index contributed by atoms with van der Waals surface area (Å²) in [5, 5.41) is 7.93. The van der Waals surface area contributed by atoms with Gasteiger partial charge in [0.25, 0.3) is 5.91 Å². The zero-order valence-corrected chi connectivity index (χ0v) is 20.1. The number of oxazole rings is 1. The van der Waals surface area contributed by atoms with E-state index in [2.05, 4.69) is 20.9 Å². The summed E-state index contributed by atoms with van der Waals surface area (Å²) in [6.07, 6.45) is 2.85. The maximum Gasteiger partial charge on any atom is 0.314 e. The van der Waals surface area contributed by atoms with Crippen LogP contribution in [0, 0.1) is 0 Å². The Balaban J connectivity index is 1.36. The van der Waals surface area contributed by atoms with Crippen LogP contribution in [0.3, 0.4) is 0 Å². The van der Waals surface area contributed by atoms with Crippen molar-refractivity contribution in [1.29, 1.82) is 0 Å². The second-order valence-electron chi connectivity index (χ2n) is 7.77. The minimum absolute atomic E-state index is 0.212. The number of nitrogens with zero attached hydrogens (tertiary/aromatic N) is 1. The highest BCUT2D eigenvalue weighted by molar-refractivity contribution is 6.43. The molecule has 0 spiro atoms. The largest absolute Gasteiger partial charge is 0.496 e. The lowest BCUT2D eigenvalue weighted by Crippen LogP contribution is -2.29. The van der Waals surface area contributed by atoms with E-state index in [1.807, 2.05) is 0 Å². The van der Waals surface area contributed by atoms with Crippen molar-refractivity contribution in [3.8, 4) is 22.8 Å². The monoisotopic (exact) mass is 500 g/mol. The zero-order valence-electron chi connectivity index (χ0n) is 20.1. The number of para-hydroxylation sites is 1. The lowest BCUT2D eigenvalue weighted by molar-refractivity contribution is -0.132. The number of ether oxygens (including phenoxy) is 2. The molecule has 3 amide bonds. The molecule has 1 heterocycles. The van der Waals surface area contributed by atoms with Gasteiger partial charge >= 0.3 is 11.8 Å². The SMILES string of the molecule is COc1ccccc1C(=O)NCc1cccc(NC(=O)C(=O)Nc2ccc(-c3cnco3)c(OC)c2)c1. The third-order valence-electron chi connectivity index (χ3n) is 5.35. The number of hydrogen-bond acceptors (Lipinski definition) is 7. The fourth-order valence-electron chi connectivity index (χ4n) is 3.57. The lowest BCUT2D eigenvalue weighted by Gasteiger charge is -2.11. The minimum Gasteiger partial charge on any atom is -0.496 e. The van der Waals surface area contributed by atoms with Crippen molar-refractivity contribution < 1.29 is 28.3 Å². The molecule has 0 bridgehead atoms. The van der Waals surface area contributed by atoms with Crippen molar-refractivity contribution in [1.82, 2.24) is 10.3 Å². The van der Waals surface area contributed by atoms with E-state index in [4.69, 9.17) is 13.9 Å². The van der Waals surface area contributed by atoms with Gasteiger partial charge in [0.05, 0.1) is 31.5 Å².